The summed E-state index contributed by atoms with van der Waals surface area (Å²) in [6.07, 6.45) is 4.00. The predicted octanol–water partition coefficient (Wildman–Crippen LogP) is 2.65. The highest BCUT2D eigenvalue weighted by Crippen LogP contribution is 2.31. The van der Waals surface area contributed by atoms with Crippen molar-refractivity contribution in [3.8, 4) is 17.6 Å². The zero-order chi connectivity index (χ0) is 25.9. The van der Waals surface area contributed by atoms with Gasteiger partial charge in [-0.25, -0.2) is 0 Å². The molecule has 0 aliphatic carbocycles. The molecule has 1 aliphatic rings. The fourth-order valence-electron chi connectivity index (χ4n) is 3.68. The first-order valence-corrected chi connectivity index (χ1v) is 11.6. The summed E-state index contributed by atoms with van der Waals surface area (Å²) in [6.45, 7) is 5.10. The van der Waals surface area contributed by atoms with E-state index < -0.39 is 17.6 Å². The molecule has 1 aliphatic heterocycles. The van der Waals surface area contributed by atoms with Crippen LogP contribution < -0.4 is 15.0 Å². The molecule has 1 unspecified atom stereocenters. The Hall–Kier alpha value is -4.22. The first kappa shape index (κ1) is 24.9. The smallest absolute Gasteiger partial charge is 0.270 e. The van der Waals surface area contributed by atoms with Crippen molar-refractivity contribution >= 4 is 17.5 Å². The maximum atomic E-state index is 13.2. The molecule has 0 saturated heterocycles. The van der Waals surface area contributed by atoms with Gasteiger partial charge in [-0.1, -0.05) is 17.9 Å². The molecular weight excluding hydrogens is 456 g/mol. The van der Waals surface area contributed by atoms with Gasteiger partial charge in [0.25, 0.3) is 11.8 Å². The van der Waals surface area contributed by atoms with Gasteiger partial charge in [0.2, 0.25) is 0 Å². The van der Waals surface area contributed by atoms with E-state index in [-0.39, 0.29) is 18.2 Å². The van der Waals surface area contributed by atoms with Crippen molar-refractivity contribution in [2.75, 3.05) is 18.6 Å². The molecule has 0 saturated carbocycles. The first-order chi connectivity index (χ1) is 17.1. The van der Waals surface area contributed by atoms with E-state index in [1.807, 2.05) is 31.3 Å². The standard InChI is InChI=1S/C28H28N4O4/c1-18-5-6-21(16-30-18)13-20-10-12-29-22(14-20)26(33)31-23-17-36-25-8-7-19(9-11-28(2,3)35)15-24(25)32(4)27(23)34/h5-8,10,12,14-16,23,35H,13,17H2,1-4H3,(H,31,33). The minimum absolute atomic E-state index is 0.0225. The molecule has 8 nitrogen and oxygen atoms in total. The van der Waals surface area contributed by atoms with Gasteiger partial charge in [0.1, 0.15) is 29.7 Å². The van der Waals surface area contributed by atoms with Crippen LogP contribution in [0.25, 0.3) is 0 Å². The average molecular weight is 485 g/mol. The molecule has 4 rings (SSSR count). The fourth-order valence-corrected chi connectivity index (χ4v) is 3.68. The lowest BCUT2D eigenvalue weighted by Crippen LogP contribution is -2.49. The monoisotopic (exact) mass is 484 g/mol. The number of ether oxygens (including phenoxy) is 1. The zero-order valence-electron chi connectivity index (χ0n) is 20.7. The van der Waals surface area contributed by atoms with Crippen LogP contribution in [0.2, 0.25) is 0 Å². The number of likely N-dealkylation sites (N-methyl/N-ethyl adjacent to an activating group) is 1. The van der Waals surface area contributed by atoms with Crippen molar-refractivity contribution in [3.05, 3.63) is 82.9 Å². The SMILES string of the molecule is Cc1ccc(Cc2ccnc(C(=O)NC3COc4ccc(C#CC(C)(C)O)cc4N(C)C3=O)c2)cn1. The number of aliphatic hydroxyl groups is 1. The Morgan fingerprint density at radius 2 is 2.00 bits per heavy atom. The summed E-state index contributed by atoms with van der Waals surface area (Å²) in [5.74, 6) is 5.38. The molecule has 36 heavy (non-hydrogen) atoms. The number of hydrogen-bond acceptors (Lipinski definition) is 6. The predicted molar refractivity (Wildman–Crippen MR) is 136 cm³/mol. The van der Waals surface area contributed by atoms with E-state index in [0.717, 1.165) is 16.8 Å². The zero-order valence-corrected chi connectivity index (χ0v) is 20.7. The number of rotatable bonds is 4. The number of aryl methyl sites for hydroxylation is 1. The van der Waals surface area contributed by atoms with Crippen LogP contribution in [-0.4, -0.2) is 52.2 Å². The summed E-state index contributed by atoms with van der Waals surface area (Å²) < 4.78 is 5.85. The van der Waals surface area contributed by atoms with Gasteiger partial charge in [-0.2, -0.15) is 0 Å². The minimum Gasteiger partial charge on any atom is -0.489 e. The third-order valence-electron chi connectivity index (χ3n) is 5.61. The van der Waals surface area contributed by atoms with Gasteiger partial charge in [-0.05, 0) is 74.7 Å². The lowest BCUT2D eigenvalue weighted by atomic mass is 10.1. The normalized spacial score (nSPS) is 15.2. The number of aromatic nitrogens is 2. The number of hydrogen-bond donors (Lipinski definition) is 2. The van der Waals surface area contributed by atoms with Crippen LogP contribution in [0.5, 0.6) is 5.75 Å². The highest BCUT2D eigenvalue weighted by Gasteiger charge is 2.31. The van der Waals surface area contributed by atoms with Crippen LogP contribution in [0.15, 0.2) is 54.9 Å². The molecule has 2 aromatic heterocycles. The van der Waals surface area contributed by atoms with E-state index in [1.54, 1.807) is 51.4 Å². The summed E-state index contributed by atoms with van der Waals surface area (Å²) in [5, 5.41) is 12.6. The second-order valence-corrected chi connectivity index (χ2v) is 9.26. The van der Waals surface area contributed by atoms with Gasteiger partial charge in [0, 0.05) is 30.7 Å². The molecule has 3 aromatic rings. The summed E-state index contributed by atoms with van der Waals surface area (Å²) >= 11 is 0. The summed E-state index contributed by atoms with van der Waals surface area (Å²) in [4.78, 5) is 36.1. The van der Waals surface area contributed by atoms with Gasteiger partial charge in [0.05, 0.1) is 5.69 Å². The molecule has 1 atom stereocenters. The number of pyridine rings is 2. The Morgan fingerprint density at radius 1 is 1.19 bits per heavy atom. The van der Waals surface area contributed by atoms with E-state index >= 15 is 0 Å². The highest BCUT2D eigenvalue weighted by atomic mass is 16.5. The number of amides is 2. The Bertz CT molecular complexity index is 1350. The van der Waals surface area contributed by atoms with Crippen molar-refractivity contribution in [1.82, 2.24) is 15.3 Å². The maximum Gasteiger partial charge on any atom is 0.270 e. The number of nitrogens with zero attached hydrogens (tertiary/aromatic N) is 3. The van der Waals surface area contributed by atoms with Crippen LogP contribution in [-0.2, 0) is 11.2 Å². The molecular formula is C28H28N4O4. The van der Waals surface area contributed by atoms with Crippen LogP contribution in [0.4, 0.5) is 5.69 Å². The Labute approximate surface area is 210 Å². The van der Waals surface area contributed by atoms with Crippen molar-refractivity contribution in [3.63, 3.8) is 0 Å². The molecule has 0 fully saturated rings. The van der Waals surface area contributed by atoms with Gasteiger partial charge in [0.15, 0.2) is 0 Å². The summed E-state index contributed by atoms with van der Waals surface area (Å²) in [5.41, 5.74) is 3.12. The van der Waals surface area contributed by atoms with E-state index in [0.29, 0.717) is 23.4 Å². The molecule has 1 aromatic carbocycles. The van der Waals surface area contributed by atoms with Gasteiger partial charge in [-0.15, -0.1) is 0 Å². The summed E-state index contributed by atoms with van der Waals surface area (Å²) in [7, 11) is 1.62. The van der Waals surface area contributed by atoms with E-state index in [4.69, 9.17) is 4.74 Å². The molecule has 0 radical (unpaired) electrons. The third kappa shape index (κ3) is 6.06. The van der Waals surface area contributed by atoms with Gasteiger partial charge < -0.3 is 20.1 Å². The first-order valence-electron chi connectivity index (χ1n) is 11.6. The second kappa shape index (κ2) is 10.2. The van der Waals surface area contributed by atoms with Crippen LogP contribution >= 0.6 is 0 Å². The van der Waals surface area contributed by atoms with Crippen molar-refractivity contribution < 1.29 is 19.4 Å². The molecule has 3 heterocycles. The lowest BCUT2D eigenvalue weighted by Gasteiger charge is -2.20. The van der Waals surface area contributed by atoms with Crippen LogP contribution in [0.3, 0.4) is 0 Å². The van der Waals surface area contributed by atoms with E-state index in [1.165, 1.54) is 4.90 Å². The third-order valence-corrected chi connectivity index (χ3v) is 5.61. The highest BCUT2D eigenvalue weighted by molar-refractivity contribution is 6.03. The number of benzene rings is 1. The molecule has 2 N–H and O–H groups in total. The second-order valence-electron chi connectivity index (χ2n) is 9.26. The largest absolute Gasteiger partial charge is 0.489 e. The van der Waals surface area contributed by atoms with E-state index in [9.17, 15) is 14.7 Å². The van der Waals surface area contributed by atoms with Gasteiger partial charge in [-0.3, -0.25) is 19.6 Å². The van der Waals surface area contributed by atoms with Crippen molar-refractivity contribution in [2.24, 2.45) is 0 Å². The lowest BCUT2D eigenvalue weighted by molar-refractivity contribution is -0.120. The number of carbonyl (C=O) groups is 2. The minimum atomic E-state index is -1.14. The quantitative estimate of drug-likeness (QED) is 0.552. The molecule has 0 bridgehead atoms. The van der Waals surface area contributed by atoms with Gasteiger partial charge >= 0.3 is 0 Å². The Balaban J connectivity index is 1.48. The average Bonchev–Trinajstić information content (AvgIpc) is 2.96. The van der Waals surface area contributed by atoms with Crippen molar-refractivity contribution in [2.45, 2.75) is 38.8 Å². The summed E-state index contributed by atoms with van der Waals surface area (Å²) in [6, 6.07) is 11.8. The number of carbonyl (C=O) groups excluding carboxylic acids is 2. The van der Waals surface area contributed by atoms with Crippen LogP contribution in [0, 0.1) is 18.8 Å². The molecule has 184 valence electrons. The van der Waals surface area contributed by atoms with E-state index in [2.05, 4.69) is 27.1 Å². The molecule has 2 amide bonds. The van der Waals surface area contributed by atoms with Crippen LogP contribution in [0.1, 0.15) is 46.7 Å². The number of fused-ring (bicyclic) bond motifs is 1. The molecule has 8 heteroatoms. The number of nitrogens with one attached hydrogen (secondary N) is 1. The fraction of sp³-hybridized carbons (Fsp3) is 0.286. The van der Waals surface area contributed by atoms with Crippen molar-refractivity contribution in [1.29, 1.82) is 0 Å². The topological polar surface area (TPSA) is 105 Å². The number of anilines is 1. The Kier molecular flexibility index (Phi) is 7.04. The Morgan fingerprint density at radius 3 is 2.72 bits per heavy atom. The maximum absolute atomic E-state index is 13.2. The molecule has 0 spiro atoms.